The second kappa shape index (κ2) is 7.51. The van der Waals surface area contributed by atoms with E-state index in [-0.39, 0.29) is 6.04 Å². The summed E-state index contributed by atoms with van der Waals surface area (Å²) in [7, 11) is 0. The molecule has 2 heterocycles. The van der Waals surface area contributed by atoms with Gasteiger partial charge in [-0.2, -0.15) is 5.01 Å². The van der Waals surface area contributed by atoms with Crippen molar-refractivity contribution in [3.63, 3.8) is 0 Å². The van der Waals surface area contributed by atoms with Gasteiger partial charge in [-0.15, -0.1) is 16.5 Å². The van der Waals surface area contributed by atoms with Gasteiger partial charge >= 0.3 is 6.47 Å². The molecular formula is C18H20N2O3S. The third-order valence-corrected chi connectivity index (χ3v) is 5.01. The fraction of sp³-hybridized carbons (Fsp3) is 0.278. The summed E-state index contributed by atoms with van der Waals surface area (Å²) in [5.74, 6) is 0.827. The number of hydrazine groups is 1. The lowest BCUT2D eigenvalue weighted by Crippen LogP contribution is -2.41. The van der Waals surface area contributed by atoms with Crippen LogP contribution in [0.2, 0.25) is 0 Å². The van der Waals surface area contributed by atoms with E-state index < -0.39 is 0 Å². The molecule has 3 rings (SSSR count). The van der Waals surface area contributed by atoms with Crippen LogP contribution in [0.15, 0.2) is 59.1 Å². The molecule has 0 N–H and O–H groups in total. The third-order valence-electron chi connectivity index (χ3n) is 4.09. The van der Waals surface area contributed by atoms with Crippen LogP contribution in [0.4, 0.5) is 0 Å². The number of benzene rings is 1. The molecular weight excluding hydrogens is 324 g/mol. The minimum Gasteiger partial charge on any atom is -0.492 e. The van der Waals surface area contributed by atoms with Crippen molar-refractivity contribution in [2.24, 2.45) is 0 Å². The van der Waals surface area contributed by atoms with E-state index in [1.54, 1.807) is 16.5 Å². The molecule has 1 aromatic carbocycles. The van der Waals surface area contributed by atoms with Crippen LogP contribution in [0.3, 0.4) is 0 Å². The van der Waals surface area contributed by atoms with Crippen LogP contribution < -0.4 is 4.74 Å². The Morgan fingerprint density at radius 3 is 2.62 bits per heavy atom. The first kappa shape index (κ1) is 16.5. The number of para-hydroxylation sites is 1. The molecule has 0 saturated heterocycles. The van der Waals surface area contributed by atoms with Crippen molar-refractivity contribution < 1.29 is 14.4 Å². The molecule has 5 nitrogen and oxygen atoms in total. The Kier molecular flexibility index (Phi) is 5.17. The predicted molar refractivity (Wildman–Crippen MR) is 93.1 cm³/mol. The molecule has 0 aliphatic carbocycles. The molecule has 24 heavy (non-hydrogen) atoms. The van der Waals surface area contributed by atoms with Gasteiger partial charge in [0.1, 0.15) is 12.4 Å². The minimum atomic E-state index is 0.0596. The molecule has 0 saturated carbocycles. The van der Waals surface area contributed by atoms with Crippen LogP contribution in [0.25, 0.3) is 0 Å². The smallest absolute Gasteiger partial charge is 0.322 e. The molecule has 1 aromatic heterocycles. The summed E-state index contributed by atoms with van der Waals surface area (Å²) < 4.78 is 5.80. The van der Waals surface area contributed by atoms with Crippen LogP contribution in [-0.2, 0) is 9.63 Å². The summed E-state index contributed by atoms with van der Waals surface area (Å²) in [5.41, 5.74) is 2.10. The van der Waals surface area contributed by atoms with Crippen molar-refractivity contribution in [1.29, 1.82) is 0 Å². The molecule has 0 bridgehead atoms. The van der Waals surface area contributed by atoms with Crippen molar-refractivity contribution in [2.45, 2.75) is 19.9 Å². The first-order valence-electron chi connectivity index (χ1n) is 7.78. The monoisotopic (exact) mass is 344 g/mol. The Hall–Kier alpha value is -2.31. The maximum Gasteiger partial charge on any atom is 0.322 e. The lowest BCUT2D eigenvalue weighted by molar-refractivity contribution is -0.236. The van der Waals surface area contributed by atoms with Gasteiger partial charge in [0.15, 0.2) is 0 Å². The number of hydrogen-bond donors (Lipinski definition) is 0. The molecule has 6 heteroatoms. The van der Waals surface area contributed by atoms with Crippen molar-refractivity contribution >= 4 is 17.8 Å². The van der Waals surface area contributed by atoms with E-state index in [0.29, 0.717) is 19.6 Å². The van der Waals surface area contributed by atoms with Gasteiger partial charge in [-0.05, 0) is 43.0 Å². The normalized spacial score (nSPS) is 18.1. The fourth-order valence-corrected chi connectivity index (χ4v) is 3.75. The van der Waals surface area contributed by atoms with Crippen molar-refractivity contribution in [3.8, 4) is 5.75 Å². The van der Waals surface area contributed by atoms with E-state index in [0.717, 1.165) is 11.4 Å². The van der Waals surface area contributed by atoms with Crippen molar-refractivity contribution in [1.82, 2.24) is 10.2 Å². The molecule has 0 fully saturated rings. The highest BCUT2D eigenvalue weighted by atomic mass is 32.1. The molecule has 0 spiro atoms. The van der Waals surface area contributed by atoms with E-state index in [1.807, 2.05) is 48.3 Å². The maximum absolute atomic E-state index is 10.9. The Bertz CT molecular complexity index is 700. The fourth-order valence-electron chi connectivity index (χ4n) is 2.85. The van der Waals surface area contributed by atoms with Gasteiger partial charge in [0.2, 0.25) is 0 Å². The number of carbonyl (C=O) groups excluding carboxylic acids is 1. The van der Waals surface area contributed by atoms with E-state index in [1.165, 1.54) is 10.5 Å². The number of nitrogens with zero attached hydrogens (tertiary/aromatic N) is 2. The summed E-state index contributed by atoms with van der Waals surface area (Å²) in [6, 6.07) is 13.9. The first-order chi connectivity index (χ1) is 11.7. The zero-order chi connectivity index (χ0) is 16.9. The summed E-state index contributed by atoms with van der Waals surface area (Å²) in [6.07, 6.45) is 0. The molecule has 1 unspecified atom stereocenters. The highest BCUT2D eigenvalue weighted by molar-refractivity contribution is 7.10. The number of carbonyl (C=O) groups is 1. The highest BCUT2D eigenvalue weighted by Gasteiger charge is 2.37. The third kappa shape index (κ3) is 3.29. The Labute approximate surface area is 145 Å². The van der Waals surface area contributed by atoms with Crippen LogP contribution in [0, 0.1) is 0 Å². The Morgan fingerprint density at radius 2 is 1.96 bits per heavy atom. The van der Waals surface area contributed by atoms with E-state index >= 15 is 0 Å². The highest BCUT2D eigenvalue weighted by Crippen LogP contribution is 2.41. The molecule has 2 aromatic rings. The second-order valence-electron chi connectivity index (χ2n) is 5.49. The largest absolute Gasteiger partial charge is 0.492 e. The predicted octanol–water partition coefficient (Wildman–Crippen LogP) is 3.78. The topological polar surface area (TPSA) is 42.0 Å². The van der Waals surface area contributed by atoms with Gasteiger partial charge in [0.25, 0.3) is 0 Å². The zero-order valence-corrected chi connectivity index (χ0v) is 14.5. The lowest BCUT2D eigenvalue weighted by Gasteiger charge is -2.31. The molecule has 126 valence electrons. The van der Waals surface area contributed by atoms with E-state index in [9.17, 15) is 4.79 Å². The average Bonchev–Trinajstić information content (AvgIpc) is 3.19. The van der Waals surface area contributed by atoms with Crippen LogP contribution in [0.1, 0.15) is 24.8 Å². The van der Waals surface area contributed by atoms with Gasteiger partial charge < -0.3 is 9.57 Å². The van der Waals surface area contributed by atoms with Crippen molar-refractivity contribution in [2.75, 3.05) is 13.2 Å². The summed E-state index contributed by atoms with van der Waals surface area (Å²) in [5, 5.41) is 5.65. The Morgan fingerprint density at radius 1 is 1.17 bits per heavy atom. The number of allylic oxidation sites excluding steroid dienone is 1. The van der Waals surface area contributed by atoms with Crippen LogP contribution >= 0.6 is 11.3 Å². The summed E-state index contributed by atoms with van der Waals surface area (Å²) >= 11 is 1.69. The number of hydrogen-bond acceptors (Lipinski definition) is 6. The van der Waals surface area contributed by atoms with Gasteiger partial charge in [-0.3, -0.25) is 4.79 Å². The Balaban J connectivity index is 1.75. The second-order valence-corrected chi connectivity index (χ2v) is 6.46. The van der Waals surface area contributed by atoms with Gasteiger partial charge in [0, 0.05) is 4.88 Å². The van der Waals surface area contributed by atoms with E-state index in [2.05, 4.69) is 18.4 Å². The molecule has 1 atom stereocenters. The van der Waals surface area contributed by atoms with E-state index in [4.69, 9.17) is 9.57 Å². The van der Waals surface area contributed by atoms with Gasteiger partial charge in [0.05, 0.1) is 18.3 Å². The number of hydroxylamine groups is 1. The van der Waals surface area contributed by atoms with Gasteiger partial charge in [-0.25, -0.2) is 0 Å². The zero-order valence-electron chi connectivity index (χ0n) is 13.7. The van der Waals surface area contributed by atoms with Gasteiger partial charge in [-0.1, -0.05) is 24.3 Å². The van der Waals surface area contributed by atoms with Crippen LogP contribution in [0.5, 0.6) is 5.75 Å². The van der Waals surface area contributed by atoms with Crippen molar-refractivity contribution in [3.05, 3.63) is 64.0 Å². The lowest BCUT2D eigenvalue weighted by atomic mass is 10.1. The average molecular weight is 344 g/mol. The molecule has 0 radical (unpaired) electrons. The SMILES string of the molecule is CC1=C(C)N(OC=O)N(CCOc2ccccc2)C1c1cccs1. The first-order valence-corrected chi connectivity index (χ1v) is 8.66. The molecule has 0 amide bonds. The quantitative estimate of drug-likeness (QED) is 0.715. The number of ether oxygens (including phenoxy) is 1. The molecule has 1 aliphatic rings. The van der Waals surface area contributed by atoms with Crippen LogP contribution in [-0.4, -0.2) is 29.8 Å². The number of rotatable bonds is 7. The standard InChI is InChI=1S/C18H20N2O3S/c1-14-15(2)20(23-13-21)19(18(14)17-9-6-12-24-17)10-11-22-16-7-4-3-5-8-16/h3-9,12-13,18H,10-11H2,1-2H3. The summed E-state index contributed by atoms with van der Waals surface area (Å²) in [4.78, 5) is 17.3. The summed E-state index contributed by atoms with van der Waals surface area (Å²) in [6.45, 7) is 5.57. The molecule has 1 aliphatic heterocycles. The minimum absolute atomic E-state index is 0.0596. The number of thiophene rings is 1. The maximum atomic E-state index is 10.9.